The highest BCUT2D eigenvalue weighted by atomic mass is 16.2. The van der Waals surface area contributed by atoms with Gasteiger partial charge in [0.2, 0.25) is 17.6 Å². The van der Waals surface area contributed by atoms with Gasteiger partial charge in [-0.1, -0.05) is 26.8 Å². The summed E-state index contributed by atoms with van der Waals surface area (Å²) in [5.74, 6) is -2.43. The molecule has 12 heteroatoms. The minimum atomic E-state index is -1.06. The van der Waals surface area contributed by atoms with E-state index in [0.29, 0.717) is 19.5 Å². The van der Waals surface area contributed by atoms with Crippen LogP contribution < -0.4 is 21.8 Å². The van der Waals surface area contributed by atoms with Crippen LogP contribution in [0.15, 0.2) is 17.8 Å². The van der Waals surface area contributed by atoms with E-state index in [2.05, 4.69) is 27.7 Å². The Morgan fingerprint density at radius 2 is 1.80 bits per heavy atom. The number of likely N-dealkylation sites (N-methyl/N-ethyl adjacent to an activating group) is 1. The van der Waals surface area contributed by atoms with E-state index in [1.54, 1.807) is 24.9 Å². The van der Waals surface area contributed by atoms with Crippen LogP contribution in [0.4, 0.5) is 4.79 Å². The molecule has 5 N–H and O–H groups in total. The van der Waals surface area contributed by atoms with Crippen LogP contribution in [0.3, 0.4) is 0 Å². The number of urea groups is 1. The molecule has 4 unspecified atom stereocenters. The molecule has 0 radical (unpaired) electrons. The molecule has 1 heterocycles. The van der Waals surface area contributed by atoms with Gasteiger partial charge in [-0.25, -0.2) is 4.79 Å². The lowest BCUT2D eigenvalue weighted by Crippen LogP contribution is -2.59. The topological polar surface area (TPSA) is 166 Å². The minimum Gasteiger partial charge on any atom is -0.363 e. The number of hydrogen-bond donors (Lipinski definition) is 4. The first kappa shape index (κ1) is 29.6. The predicted molar refractivity (Wildman–Crippen MR) is 132 cm³/mol. The highest BCUT2D eigenvalue weighted by Gasteiger charge is 2.39. The van der Waals surface area contributed by atoms with E-state index in [-0.39, 0.29) is 17.9 Å². The van der Waals surface area contributed by atoms with Crippen molar-refractivity contribution in [3.63, 3.8) is 0 Å². The zero-order valence-electron chi connectivity index (χ0n) is 21.5. The largest absolute Gasteiger partial charge is 0.363 e. The maximum Gasteiger partial charge on any atom is 0.316 e. The number of primary amides is 1. The van der Waals surface area contributed by atoms with Crippen molar-refractivity contribution in [2.45, 2.75) is 71.6 Å². The summed E-state index contributed by atoms with van der Waals surface area (Å²) in [4.78, 5) is 64.1. The number of rotatable bonds is 11. The van der Waals surface area contributed by atoms with Gasteiger partial charge in [-0.15, -0.1) is 6.58 Å². The number of likely N-dealkylation sites (tertiary alicyclic amines) is 1. The van der Waals surface area contributed by atoms with Crippen LogP contribution in [-0.4, -0.2) is 89.9 Å². The van der Waals surface area contributed by atoms with Gasteiger partial charge in [-0.2, -0.15) is 5.10 Å². The fourth-order valence-electron chi connectivity index (χ4n) is 3.59. The Morgan fingerprint density at radius 1 is 1.17 bits per heavy atom. The monoisotopic (exact) mass is 493 g/mol. The average molecular weight is 494 g/mol. The van der Waals surface area contributed by atoms with Crippen molar-refractivity contribution in [1.29, 1.82) is 0 Å². The lowest BCUT2D eigenvalue weighted by molar-refractivity contribution is -0.136. The zero-order valence-corrected chi connectivity index (χ0v) is 21.5. The Hall–Kier alpha value is -3.44. The molecule has 1 rings (SSSR count). The summed E-state index contributed by atoms with van der Waals surface area (Å²) in [6.45, 7) is 12.9. The number of nitrogens with two attached hydrogens (primary N) is 1. The van der Waals surface area contributed by atoms with Crippen molar-refractivity contribution in [3.05, 3.63) is 12.7 Å². The smallest absolute Gasteiger partial charge is 0.316 e. The van der Waals surface area contributed by atoms with Crippen molar-refractivity contribution in [2.24, 2.45) is 16.3 Å². The number of Topliss-reactive ketones (excluding diaryl/α,β-unsaturated/α-hetero) is 1. The van der Waals surface area contributed by atoms with Gasteiger partial charge in [0.15, 0.2) is 0 Å². The van der Waals surface area contributed by atoms with Crippen LogP contribution in [0.5, 0.6) is 0 Å². The van der Waals surface area contributed by atoms with E-state index in [1.165, 1.54) is 18.0 Å². The Balaban J connectivity index is 2.88. The molecule has 0 aliphatic carbocycles. The predicted octanol–water partition coefficient (Wildman–Crippen LogP) is -0.257. The number of hydrazone groups is 1. The van der Waals surface area contributed by atoms with Gasteiger partial charge in [0.25, 0.3) is 5.91 Å². The summed E-state index contributed by atoms with van der Waals surface area (Å²) in [6, 6.07) is -3.53. The van der Waals surface area contributed by atoms with Crippen molar-refractivity contribution >= 4 is 35.8 Å². The van der Waals surface area contributed by atoms with Gasteiger partial charge in [0, 0.05) is 26.4 Å². The van der Waals surface area contributed by atoms with E-state index >= 15 is 0 Å². The summed E-state index contributed by atoms with van der Waals surface area (Å²) in [5, 5.41) is 9.33. The summed E-state index contributed by atoms with van der Waals surface area (Å²) < 4.78 is 0. The zero-order chi connectivity index (χ0) is 26.9. The molecule has 4 atom stereocenters. The van der Waals surface area contributed by atoms with E-state index in [9.17, 15) is 24.0 Å². The number of nitrogens with zero attached hydrogens (tertiary/aromatic N) is 3. The normalized spacial score (nSPS) is 18.3. The van der Waals surface area contributed by atoms with Gasteiger partial charge in [-0.3, -0.25) is 24.6 Å². The number of nitrogens with one attached hydrogen (secondary N) is 3. The molecule has 1 aliphatic heterocycles. The van der Waals surface area contributed by atoms with Crippen LogP contribution >= 0.6 is 0 Å². The second-order valence-corrected chi connectivity index (χ2v) is 9.74. The third kappa shape index (κ3) is 8.69. The number of amides is 5. The maximum absolute atomic E-state index is 13.4. The number of carbonyl (C=O) groups excluding carboxylic acids is 5. The van der Waals surface area contributed by atoms with Crippen LogP contribution in [0.25, 0.3) is 0 Å². The van der Waals surface area contributed by atoms with Crippen LogP contribution in [0.2, 0.25) is 0 Å². The third-order valence-electron chi connectivity index (χ3n) is 5.62. The molecule has 35 heavy (non-hydrogen) atoms. The molecule has 1 saturated heterocycles. The summed E-state index contributed by atoms with van der Waals surface area (Å²) in [7, 11) is 1.61. The fourth-order valence-corrected chi connectivity index (χ4v) is 3.59. The Morgan fingerprint density at radius 3 is 2.34 bits per heavy atom. The van der Waals surface area contributed by atoms with E-state index in [0.717, 1.165) is 6.42 Å². The van der Waals surface area contributed by atoms with Crippen molar-refractivity contribution in [1.82, 2.24) is 25.9 Å². The van der Waals surface area contributed by atoms with Gasteiger partial charge < -0.3 is 26.2 Å². The Kier molecular flexibility index (Phi) is 10.9. The fraction of sp³-hybridized carbons (Fsp3) is 0.652. The summed E-state index contributed by atoms with van der Waals surface area (Å²) >= 11 is 0. The minimum absolute atomic E-state index is 0.286. The first-order valence-corrected chi connectivity index (χ1v) is 11.6. The standard InChI is InChI=1S/C23H39N7O5/c1-8-11-29(7)20(33)15(3)26-22(35)27-18(23(4,5)6)21(34)30-12-9-10-16(30)13-25-28-14(2)17(31)19(24)32/h8,13-16,18,28H,1,9-12H2,2-7H3,(H2,24,32)(H2,26,27,35). The summed E-state index contributed by atoms with van der Waals surface area (Å²) in [6.07, 6.45) is 4.48. The highest BCUT2D eigenvalue weighted by Crippen LogP contribution is 2.25. The third-order valence-corrected chi connectivity index (χ3v) is 5.62. The Bertz CT molecular complexity index is 852. The van der Waals surface area contributed by atoms with Crippen LogP contribution in [0.1, 0.15) is 47.5 Å². The molecule has 0 saturated carbocycles. The van der Waals surface area contributed by atoms with E-state index in [4.69, 9.17) is 5.73 Å². The van der Waals surface area contributed by atoms with E-state index in [1.807, 2.05) is 20.8 Å². The quantitative estimate of drug-likeness (QED) is 0.134. The lowest BCUT2D eigenvalue weighted by Gasteiger charge is -2.35. The number of ketones is 1. The number of carbonyl (C=O) groups is 5. The molecule has 5 amide bonds. The van der Waals surface area contributed by atoms with Gasteiger partial charge in [0.1, 0.15) is 18.1 Å². The molecule has 0 aromatic rings. The van der Waals surface area contributed by atoms with Gasteiger partial charge in [0.05, 0.1) is 6.04 Å². The highest BCUT2D eigenvalue weighted by molar-refractivity contribution is 6.37. The van der Waals surface area contributed by atoms with Crippen LogP contribution in [-0.2, 0) is 19.2 Å². The molecule has 0 spiro atoms. The molecule has 196 valence electrons. The first-order chi connectivity index (χ1) is 16.2. The first-order valence-electron chi connectivity index (χ1n) is 11.6. The second kappa shape index (κ2) is 12.9. The molecular formula is C23H39N7O5. The summed E-state index contributed by atoms with van der Waals surface area (Å²) in [5.41, 5.74) is 6.92. The second-order valence-electron chi connectivity index (χ2n) is 9.74. The molecule has 1 aliphatic rings. The van der Waals surface area contributed by atoms with E-state index < -0.39 is 41.3 Å². The molecule has 0 aromatic heterocycles. The van der Waals surface area contributed by atoms with Crippen molar-refractivity contribution in [2.75, 3.05) is 20.1 Å². The SMILES string of the molecule is C=CCN(C)C(=O)C(C)NC(=O)NC(C(=O)N1CCCC1C=NNC(C)C(=O)C(N)=O)C(C)(C)C. The van der Waals surface area contributed by atoms with Crippen molar-refractivity contribution in [3.8, 4) is 0 Å². The number of hydrogen-bond acceptors (Lipinski definition) is 7. The van der Waals surface area contributed by atoms with Crippen LogP contribution in [0, 0.1) is 5.41 Å². The molecule has 1 fully saturated rings. The average Bonchev–Trinajstić information content (AvgIpc) is 3.23. The molecule has 0 bridgehead atoms. The van der Waals surface area contributed by atoms with Gasteiger partial charge >= 0.3 is 6.03 Å². The lowest BCUT2D eigenvalue weighted by atomic mass is 9.85. The Labute approximate surface area is 206 Å². The van der Waals surface area contributed by atoms with Gasteiger partial charge in [-0.05, 0) is 32.1 Å². The maximum atomic E-state index is 13.4. The van der Waals surface area contributed by atoms with Crippen molar-refractivity contribution < 1.29 is 24.0 Å². The molecular weight excluding hydrogens is 454 g/mol. The molecule has 0 aromatic carbocycles. The molecule has 12 nitrogen and oxygen atoms in total.